The van der Waals surface area contributed by atoms with E-state index in [-0.39, 0.29) is 11.9 Å². The third-order valence-corrected chi connectivity index (χ3v) is 3.92. The molecule has 20 heavy (non-hydrogen) atoms. The van der Waals surface area contributed by atoms with Crippen LogP contribution >= 0.6 is 0 Å². The minimum absolute atomic E-state index is 0.121. The number of likely N-dealkylation sites (N-methyl/N-ethyl adjacent to an activating group) is 1. The molecule has 1 fully saturated rings. The third-order valence-electron chi connectivity index (χ3n) is 3.92. The van der Waals surface area contributed by atoms with Crippen molar-refractivity contribution >= 4 is 5.69 Å². The maximum atomic E-state index is 14.1. The Balaban J connectivity index is 1.97. The number of anilines is 1. The van der Waals surface area contributed by atoms with Crippen LogP contribution < -0.4 is 10.2 Å². The zero-order chi connectivity index (χ0) is 14.5. The van der Waals surface area contributed by atoms with Gasteiger partial charge in [-0.3, -0.25) is 0 Å². The van der Waals surface area contributed by atoms with Crippen LogP contribution in [0.3, 0.4) is 0 Å². The molecule has 1 atom stereocenters. The molecule has 0 aromatic heterocycles. The van der Waals surface area contributed by atoms with Crippen molar-refractivity contribution < 1.29 is 9.13 Å². The topological polar surface area (TPSA) is 24.5 Å². The maximum Gasteiger partial charge on any atom is 0.146 e. The average Bonchev–Trinajstić information content (AvgIpc) is 3.26. The van der Waals surface area contributed by atoms with Gasteiger partial charge in [0.1, 0.15) is 5.82 Å². The predicted octanol–water partition coefficient (Wildman–Crippen LogP) is 2.97. The van der Waals surface area contributed by atoms with Crippen LogP contribution in [0, 0.1) is 11.7 Å². The first-order chi connectivity index (χ1) is 9.63. The summed E-state index contributed by atoms with van der Waals surface area (Å²) >= 11 is 0. The Kier molecular flexibility index (Phi) is 5.38. The highest BCUT2D eigenvalue weighted by Crippen LogP contribution is 2.29. The Labute approximate surface area is 121 Å². The van der Waals surface area contributed by atoms with E-state index in [0.29, 0.717) is 18.8 Å². The van der Waals surface area contributed by atoms with E-state index < -0.39 is 0 Å². The fraction of sp³-hybridized carbons (Fsp3) is 0.625. The lowest BCUT2D eigenvalue weighted by atomic mass is 10.0. The molecule has 1 aromatic carbocycles. The molecule has 1 aliphatic carbocycles. The fourth-order valence-corrected chi connectivity index (χ4v) is 2.29. The normalized spacial score (nSPS) is 16.2. The van der Waals surface area contributed by atoms with Crippen molar-refractivity contribution in [1.82, 2.24) is 5.32 Å². The summed E-state index contributed by atoms with van der Waals surface area (Å²) < 4.78 is 19.8. The van der Waals surface area contributed by atoms with Crippen molar-refractivity contribution in [3.05, 3.63) is 29.6 Å². The number of hydrogen-bond acceptors (Lipinski definition) is 3. The van der Waals surface area contributed by atoms with E-state index in [0.717, 1.165) is 18.1 Å². The second kappa shape index (κ2) is 7.04. The van der Waals surface area contributed by atoms with Crippen LogP contribution in [0.4, 0.5) is 10.1 Å². The molecule has 0 spiro atoms. The molecule has 1 aromatic rings. The molecule has 0 bridgehead atoms. The van der Waals surface area contributed by atoms with Crippen molar-refractivity contribution in [3.63, 3.8) is 0 Å². The number of ether oxygens (including phenoxy) is 1. The van der Waals surface area contributed by atoms with Gasteiger partial charge in [-0.1, -0.05) is 12.1 Å². The molecular weight excluding hydrogens is 255 g/mol. The molecule has 0 aliphatic heterocycles. The second-order valence-electron chi connectivity index (χ2n) is 5.63. The SMILES string of the molecule is CNC(C)c1cccc(F)c1N(C)CCOCC1CC1. The zero-order valence-electron chi connectivity index (χ0n) is 12.7. The first kappa shape index (κ1) is 15.3. The summed E-state index contributed by atoms with van der Waals surface area (Å²) in [5.41, 5.74) is 1.65. The van der Waals surface area contributed by atoms with Gasteiger partial charge in [-0.25, -0.2) is 4.39 Å². The largest absolute Gasteiger partial charge is 0.379 e. The van der Waals surface area contributed by atoms with Gasteiger partial charge in [-0.15, -0.1) is 0 Å². The number of rotatable bonds is 8. The number of para-hydroxylation sites is 1. The van der Waals surface area contributed by atoms with Gasteiger partial charge in [0.25, 0.3) is 0 Å². The molecule has 1 unspecified atom stereocenters. The van der Waals surface area contributed by atoms with Crippen LogP contribution in [-0.2, 0) is 4.74 Å². The molecule has 0 saturated heterocycles. The van der Waals surface area contributed by atoms with Crippen molar-refractivity contribution in [1.29, 1.82) is 0 Å². The van der Waals surface area contributed by atoms with Gasteiger partial charge < -0.3 is 15.0 Å². The summed E-state index contributed by atoms with van der Waals surface area (Å²) in [4.78, 5) is 1.95. The van der Waals surface area contributed by atoms with Gasteiger partial charge in [-0.2, -0.15) is 0 Å². The maximum absolute atomic E-state index is 14.1. The Morgan fingerprint density at radius 2 is 2.20 bits per heavy atom. The Morgan fingerprint density at radius 1 is 1.45 bits per heavy atom. The molecule has 1 saturated carbocycles. The van der Waals surface area contributed by atoms with Crippen molar-refractivity contribution in [2.75, 3.05) is 38.8 Å². The summed E-state index contributed by atoms with van der Waals surface area (Å²) in [7, 11) is 3.81. The molecule has 1 aliphatic rings. The van der Waals surface area contributed by atoms with Crippen LogP contribution in [0.15, 0.2) is 18.2 Å². The lowest BCUT2D eigenvalue weighted by molar-refractivity contribution is 0.130. The van der Waals surface area contributed by atoms with E-state index in [1.807, 2.05) is 32.0 Å². The number of nitrogens with one attached hydrogen (secondary N) is 1. The number of halogens is 1. The number of nitrogens with zero attached hydrogens (tertiary/aromatic N) is 1. The molecular formula is C16H25FN2O. The molecule has 1 N–H and O–H groups in total. The van der Waals surface area contributed by atoms with Gasteiger partial charge in [0.2, 0.25) is 0 Å². The minimum atomic E-state index is -0.172. The van der Waals surface area contributed by atoms with Crippen molar-refractivity contribution in [3.8, 4) is 0 Å². The minimum Gasteiger partial charge on any atom is -0.379 e. The predicted molar refractivity (Wildman–Crippen MR) is 80.7 cm³/mol. The quantitative estimate of drug-likeness (QED) is 0.741. The van der Waals surface area contributed by atoms with Crippen LogP contribution in [0.2, 0.25) is 0 Å². The molecule has 112 valence electrons. The Bertz CT molecular complexity index is 434. The van der Waals surface area contributed by atoms with E-state index in [9.17, 15) is 4.39 Å². The molecule has 3 nitrogen and oxygen atoms in total. The van der Waals surface area contributed by atoms with Gasteiger partial charge in [0, 0.05) is 26.2 Å². The van der Waals surface area contributed by atoms with Crippen LogP contribution in [0.1, 0.15) is 31.4 Å². The lowest BCUT2D eigenvalue weighted by Crippen LogP contribution is -2.27. The molecule has 0 radical (unpaired) electrons. The first-order valence-electron chi connectivity index (χ1n) is 7.38. The van der Waals surface area contributed by atoms with Gasteiger partial charge in [0.05, 0.1) is 12.3 Å². The Hall–Kier alpha value is -1.13. The average molecular weight is 280 g/mol. The van der Waals surface area contributed by atoms with E-state index in [1.54, 1.807) is 6.07 Å². The van der Waals surface area contributed by atoms with Gasteiger partial charge in [-0.05, 0) is 44.4 Å². The molecule has 0 heterocycles. The van der Waals surface area contributed by atoms with Crippen molar-refractivity contribution in [2.45, 2.75) is 25.8 Å². The summed E-state index contributed by atoms with van der Waals surface area (Å²) in [5, 5.41) is 3.17. The monoisotopic (exact) mass is 280 g/mol. The second-order valence-corrected chi connectivity index (χ2v) is 5.63. The molecule has 4 heteroatoms. The highest BCUT2D eigenvalue weighted by molar-refractivity contribution is 5.55. The van der Waals surface area contributed by atoms with E-state index in [4.69, 9.17) is 4.74 Å². The van der Waals surface area contributed by atoms with Crippen LogP contribution in [0.25, 0.3) is 0 Å². The fourth-order valence-electron chi connectivity index (χ4n) is 2.29. The zero-order valence-corrected chi connectivity index (χ0v) is 12.7. The number of benzene rings is 1. The van der Waals surface area contributed by atoms with Gasteiger partial charge in [0.15, 0.2) is 0 Å². The highest BCUT2D eigenvalue weighted by Gasteiger charge is 2.21. The van der Waals surface area contributed by atoms with E-state index >= 15 is 0 Å². The summed E-state index contributed by atoms with van der Waals surface area (Å²) in [5.74, 6) is 0.600. The van der Waals surface area contributed by atoms with Gasteiger partial charge >= 0.3 is 0 Å². The van der Waals surface area contributed by atoms with Crippen molar-refractivity contribution in [2.24, 2.45) is 5.92 Å². The summed E-state index contributed by atoms with van der Waals surface area (Å²) in [6, 6.07) is 5.37. The summed E-state index contributed by atoms with van der Waals surface area (Å²) in [6.45, 7) is 4.24. The lowest BCUT2D eigenvalue weighted by Gasteiger charge is -2.25. The smallest absolute Gasteiger partial charge is 0.146 e. The molecule has 2 rings (SSSR count). The third kappa shape index (κ3) is 3.93. The van der Waals surface area contributed by atoms with E-state index in [1.165, 1.54) is 18.9 Å². The van der Waals surface area contributed by atoms with Crippen LogP contribution in [0.5, 0.6) is 0 Å². The Morgan fingerprint density at radius 3 is 2.85 bits per heavy atom. The van der Waals surface area contributed by atoms with Crippen LogP contribution in [-0.4, -0.2) is 33.9 Å². The summed E-state index contributed by atoms with van der Waals surface area (Å²) in [6.07, 6.45) is 2.60. The molecule has 0 amide bonds. The first-order valence-corrected chi connectivity index (χ1v) is 7.38. The standard InChI is InChI=1S/C16H25FN2O/c1-12(18-2)14-5-4-6-15(17)16(14)19(3)9-10-20-11-13-7-8-13/h4-6,12-13,18H,7-11H2,1-3H3. The number of hydrogen-bond donors (Lipinski definition) is 1. The van der Waals surface area contributed by atoms with E-state index in [2.05, 4.69) is 5.32 Å². The highest BCUT2D eigenvalue weighted by atomic mass is 19.1.